The van der Waals surface area contributed by atoms with Gasteiger partial charge < -0.3 is 9.32 Å². The summed E-state index contributed by atoms with van der Waals surface area (Å²) in [7, 11) is 0. The minimum Gasteiger partial charge on any atom is -0.454 e. The Morgan fingerprint density at radius 3 is 1.53 bits per heavy atom. The highest BCUT2D eigenvalue weighted by molar-refractivity contribution is 6.11. The molecule has 0 saturated heterocycles. The summed E-state index contributed by atoms with van der Waals surface area (Å²) >= 11 is 0. The first-order valence-corrected chi connectivity index (χ1v) is 19.7. The zero-order chi connectivity index (χ0) is 37.5. The zero-order valence-corrected chi connectivity index (χ0v) is 31.1. The van der Waals surface area contributed by atoms with E-state index in [4.69, 9.17) is 4.42 Å². The Bertz CT molecular complexity index is 3160. The Kier molecular flexibility index (Phi) is 6.88. The van der Waals surface area contributed by atoms with Gasteiger partial charge in [-0.3, -0.25) is 0 Å². The molecule has 0 radical (unpaired) electrons. The summed E-state index contributed by atoms with van der Waals surface area (Å²) in [6.07, 6.45) is 0. The van der Waals surface area contributed by atoms with Crippen LogP contribution in [0.25, 0.3) is 66.4 Å². The maximum atomic E-state index is 6.80. The fourth-order valence-electron chi connectivity index (χ4n) is 10.0. The van der Waals surface area contributed by atoms with E-state index < -0.39 is 5.41 Å². The van der Waals surface area contributed by atoms with Crippen molar-refractivity contribution in [2.45, 2.75) is 5.41 Å². The summed E-state index contributed by atoms with van der Waals surface area (Å²) < 4.78 is 6.80. The standard InChI is InChI=1S/C55H35NO/c1-2-17-36(18-3-1)38-19-9-14-30-51(38)56(52-31-16-26-45-44-25-10-15-32-53(44)57-54(45)52)37-33-34-50-46(35-37)40-21-5-4-20-39(40)41-22-6-11-27-47(41)55(50)48-28-12-7-23-42(48)43-24-8-13-29-49(43)55/h1-35H. The van der Waals surface area contributed by atoms with E-state index in [0.29, 0.717) is 0 Å². The molecule has 266 valence electrons. The third-order valence-corrected chi connectivity index (χ3v) is 12.3. The Balaban J connectivity index is 1.21. The molecule has 10 aromatic rings. The van der Waals surface area contributed by atoms with E-state index in [2.05, 4.69) is 211 Å². The highest BCUT2D eigenvalue weighted by Crippen LogP contribution is 2.62. The van der Waals surface area contributed by atoms with E-state index in [1.54, 1.807) is 0 Å². The molecule has 0 fully saturated rings. The van der Waals surface area contributed by atoms with Gasteiger partial charge in [0.1, 0.15) is 5.58 Å². The van der Waals surface area contributed by atoms with E-state index in [9.17, 15) is 0 Å². The SMILES string of the molecule is c1ccc(-c2ccccc2N(c2ccc3c(c2)-c2ccccc2-c2ccccc2C32c3ccccc3-c3ccccc32)c2cccc3c2oc2ccccc23)cc1. The molecule has 1 heterocycles. The van der Waals surface area contributed by atoms with Crippen LogP contribution >= 0.6 is 0 Å². The van der Waals surface area contributed by atoms with Crippen LogP contribution < -0.4 is 4.90 Å². The Morgan fingerprint density at radius 1 is 0.333 bits per heavy atom. The lowest BCUT2D eigenvalue weighted by Gasteiger charge is -2.36. The predicted molar refractivity (Wildman–Crippen MR) is 236 cm³/mol. The quantitative estimate of drug-likeness (QED) is 0.180. The molecule has 1 spiro atoms. The molecule has 2 nitrogen and oxygen atoms in total. The Morgan fingerprint density at radius 2 is 0.825 bits per heavy atom. The summed E-state index contributed by atoms with van der Waals surface area (Å²) in [6, 6.07) is 77.6. The topological polar surface area (TPSA) is 16.4 Å². The van der Waals surface area contributed by atoms with Crippen molar-refractivity contribution in [2.75, 3.05) is 4.90 Å². The molecule has 9 aromatic carbocycles. The number of benzene rings is 9. The summed E-state index contributed by atoms with van der Waals surface area (Å²) in [5, 5.41) is 2.21. The molecule has 0 unspecified atom stereocenters. The summed E-state index contributed by atoms with van der Waals surface area (Å²) in [6.45, 7) is 0. The van der Waals surface area contributed by atoms with E-state index in [1.165, 1.54) is 55.6 Å². The van der Waals surface area contributed by atoms with Crippen molar-refractivity contribution in [3.8, 4) is 44.5 Å². The molecule has 1 aromatic heterocycles. The van der Waals surface area contributed by atoms with Crippen molar-refractivity contribution in [1.82, 2.24) is 0 Å². The summed E-state index contributed by atoms with van der Waals surface area (Å²) in [5.41, 5.74) is 19.4. The lowest BCUT2D eigenvalue weighted by molar-refractivity contribution is 0.669. The number of fused-ring (bicyclic) bond motifs is 15. The number of nitrogens with zero attached hydrogens (tertiary/aromatic N) is 1. The van der Waals surface area contributed by atoms with E-state index in [1.807, 2.05) is 6.07 Å². The van der Waals surface area contributed by atoms with E-state index in [-0.39, 0.29) is 0 Å². The van der Waals surface area contributed by atoms with Crippen molar-refractivity contribution < 1.29 is 4.42 Å². The molecule has 2 aliphatic carbocycles. The largest absolute Gasteiger partial charge is 0.454 e. The van der Waals surface area contributed by atoms with Crippen LogP contribution in [0.15, 0.2) is 217 Å². The molecule has 57 heavy (non-hydrogen) atoms. The van der Waals surface area contributed by atoms with Crippen LogP contribution in [0.1, 0.15) is 22.3 Å². The van der Waals surface area contributed by atoms with E-state index >= 15 is 0 Å². The Hall–Kier alpha value is -7.42. The first-order chi connectivity index (χ1) is 28.3. The average Bonchev–Trinajstić information content (AvgIpc) is 3.78. The van der Waals surface area contributed by atoms with E-state index in [0.717, 1.165) is 50.1 Å². The van der Waals surface area contributed by atoms with Crippen molar-refractivity contribution in [3.63, 3.8) is 0 Å². The van der Waals surface area contributed by atoms with Crippen molar-refractivity contribution in [2.24, 2.45) is 0 Å². The van der Waals surface area contributed by atoms with Gasteiger partial charge in [-0.2, -0.15) is 0 Å². The first-order valence-electron chi connectivity index (χ1n) is 19.7. The summed E-state index contributed by atoms with van der Waals surface area (Å²) in [5.74, 6) is 0. The zero-order valence-electron chi connectivity index (χ0n) is 31.1. The molecular weight excluding hydrogens is 691 g/mol. The minimum absolute atomic E-state index is 0.539. The van der Waals surface area contributed by atoms with Gasteiger partial charge in [0.05, 0.1) is 16.8 Å². The van der Waals surface area contributed by atoms with Crippen LogP contribution in [0.5, 0.6) is 0 Å². The van der Waals surface area contributed by atoms with Gasteiger partial charge in [-0.05, 0) is 91.5 Å². The average molecular weight is 726 g/mol. The smallest absolute Gasteiger partial charge is 0.159 e. The van der Waals surface area contributed by atoms with Crippen LogP contribution in [-0.2, 0) is 5.41 Å². The lowest BCUT2D eigenvalue weighted by Crippen LogP contribution is -2.29. The highest BCUT2D eigenvalue weighted by atomic mass is 16.3. The summed E-state index contributed by atoms with van der Waals surface area (Å²) in [4.78, 5) is 2.41. The van der Waals surface area contributed by atoms with Gasteiger partial charge >= 0.3 is 0 Å². The maximum absolute atomic E-state index is 6.80. The third kappa shape index (κ3) is 4.47. The lowest BCUT2D eigenvalue weighted by atomic mass is 9.66. The number of anilines is 3. The van der Waals surface area contributed by atoms with Crippen molar-refractivity contribution in [3.05, 3.63) is 235 Å². The highest BCUT2D eigenvalue weighted by Gasteiger charge is 2.49. The number of hydrogen-bond donors (Lipinski definition) is 0. The van der Waals surface area contributed by atoms with Crippen LogP contribution in [0.4, 0.5) is 17.1 Å². The van der Waals surface area contributed by atoms with Gasteiger partial charge in [0.15, 0.2) is 5.58 Å². The van der Waals surface area contributed by atoms with Gasteiger partial charge in [-0.15, -0.1) is 0 Å². The van der Waals surface area contributed by atoms with Gasteiger partial charge in [0.25, 0.3) is 0 Å². The molecule has 0 amide bonds. The normalized spacial score (nSPS) is 13.1. The van der Waals surface area contributed by atoms with Crippen LogP contribution in [-0.4, -0.2) is 0 Å². The molecule has 0 aliphatic heterocycles. The predicted octanol–water partition coefficient (Wildman–Crippen LogP) is 14.7. The second kappa shape index (κ2) is 12.3. The molecule has 2 heteroatoms. The van der Waals surface area contributed by atoms with Crippen LogP contribution in [0.3, 0.4) is 0 Å². The van der Waals surface area contributed by atoms with Gasteiger partial charge in [0, 0.05) is 22.0 Å². The monoisotopic (exact) mass is 725 g/mol. The van der Waals surface area contributed by atoms with Crippen LogP contribution in [0.2, 0.25) is 0 Å². The third-order valence-electron chi connectivity index (χ3n) is 12.3. The molecule has 2 aliphatic rings. The first kappa shape index (κ1) is 31.9. The van der Waals surface area contributed by atoms with Gasteiger partial charge in [0.2, 0.25) is 0 Å². The molecule has 0 N–H and O–H groups in total. The van der Waals surface area contributed by atoms with Crippen molar-refractivity contribution in [1.29, 1.82) is 0 Å². The number of furan rings is 1. The molecule has 0 bridgehead atoms. The molecular formula is C55H35NO. The van der Waals surface area contributed by atoms with Gasteiger partial charge in [-0.25, -0.2) is 0 Å². The fraction of sp³-hybridized carbons (Fsp3) is 0.0182. The second-order valence-electron chi connectivity index (χ2n) is 15.1. The van der Waals surface area contributed by atoms with Crippen LogP contribution in [0, 0.1) is 0 Å². The number of rotatable bonds is 4. The number of para-hydroxylation sites is 3. The van der Waals surface area contributed by atoms with Gasteiger partial charge in [-0.1, -0.05) is 182 Å². The molecule has 12 rings (SSSR count). The Labute approximate surface area is 331 Å². The molecule has 0 atom stereocenters. The maximum Gasteiger partial charge on any atom is 0.159 e. The second-order valence-corrected chi connectivity index (χ2v) is 15.1. The van der Waals surface area contributed by atoms with Crippen molar-refractivity contribution >= 4 is 39.0 Å². The number of hydrogen-bond acceptors (Lipinski definition) is 2. The fourth-order valence-corrected chi connectivity index (χ4v) is 10.0. The minimum atomic E-state index is -0.539. The molecule has 0 saturated carbocycles.